The van der Waals surface area contributed by atoms with Gasteiger partial charge in [-0.3, -0.25) is 0 Å². The number of anilines is 1. The molecule has 0 unspecified atom stereocenters. The summed E-state index contributed by atoms with van der Waals surface area (Å²) in [5, 5.41) is 12.4. The molecule has 6 heteroatoms. The normalized spacial score (nSPS) is 11.1. The fourth-order valence-electron chi connectivity index (χ4n) is 1.67. The number of rotatable bonds is 7. The predicted octanol–water partition coefficient (Wildman–Crippen LogP) is 3.19. The zero-order valence-electron chi connectivity index (χ0n) is 11.7. The first-order chi connectivity index (χ1) is 9.53. The van der Waals surface area contributed by atoms with Crippen molar-refractivity contribution in [1.29, 1.82) is 0 Å². The third-order valence-electron chi connectivity index (χ3n) is 2.77. The number of nitrogens with one attached hydrogen (secondary N) is 1. The second-order valence-electron chi connectivity index (χ2n) is 3.96. The smallest absolute Gasteiger partial charge is 0.331 e. The summed E-state index contributed by atoms with van der Waals surface area (Å²) >= 11 is 6.05. The van der Waals surface area contributed by atoms with Crippen molar-refractivity contribution in [3.63, 3.8) is 0 Å². The first-order valence-electron chi connectivity index (χ1n) is 6.11. The van der Waals surface area contributed by atoms with Crippen LogP contribution in [0.25, 0.3) is 0 Å². The molecule has 2 N–H and O–H groups in total. The van der Waals surface area contributed by atoms with Gasteiger partial charge in [0.1, 0.15) is 11.5 Å². The Hall–Kier alpha value is -1.88. The molecule has 20 heavy (non-hydrogen) atoms. The van der Waals surface area contributed by atoms with Gasteiger partial charge in [-0.2, -0.15) is 0 Å². The van der Waals surface area contributed by atoms with Crippen molar-refractivity contribution in [2.75, 3.05) is 26.1 Å². The van der Waals surface area contributed by atoms with Gasteiger partial charge in [0, 0.05) is 18.2 Å². The Morgan fingerprint density at radius 1 is 1.35 bits per heavy atom. The molecule has 0 aliphatic rings. The molecule has 0 bridgehead atoms. The number of benzene rings is 1. The summed E-state index contributed by atoms with van der Waals surface area (Å²) in [7, 11) is 3.06. The summed E-state index contributed by atoms with van der Waals surface area (Å²) in [6, 6.07) is 3.35. The average molecular weight is 300 g/mol. The largest absolute Gasteiger partial charge is 0.495 e. The number of carboxylic acids is 1. The molecule has 0 heterocycles. The van der Waals surface area contributed by atoms with Crippen LogP contribution in [-0.4, -0.2) is 31.8 Å². The van der Waals surface area contributed by atoms with Crippen LogP contribution < -0.4 is 14.8 Å². The highest BCUT2D eigenvalue weighted by Crippen LogP contribution is 2.35. The number of hydrogen-bond acceptors (Lipinski definition) is 4. The van der Waals surface area contributed by atoms with E-state index < -0.39 is 5.97 Å². The van der Waals surface area contributed by atoms with Gasteiger partial charge in [-0.15, -0.1) is 0 Å². The van der Waals surface area contributed by atoms with Crippen LogP contribution >= 0.6 is 11.6 Å². The molecule has 0 fully saturated rings. The first-order valence-corrected chi connectivity index (χ1v) is 6.49. The molecule has 0 saturated carbocycles. The van der Waals surface area contributed by atoms with Crippen LogP contribution in [0.15, 0.2) is 23.8 Å². The molecule has 0 aliphatic heterocycles. The zero-order valence-corrected chi connectivity index (χ0v) is 12.5. The summed E-state index contributed by atoms with van der Waals surface area (Å²) in [6.07, 6.45) is 2.09. The van der Waals surface area contributed by atoms with Gasteiger partial charge in [0.05, 0.1) is 24.9 Å². The molecule has 1 aromatic rings. The van der Waals surface area contributed by atoms with Gasteiger partial charge >= 0.3 is 5.97 Å². The predicted molar refractivity (Wildman–Crippen MR) is 79.1 cm³/mol. The molecular weight excluding hydrogens is 282 g/mol. The minimum atomic E-state index is -0.908. The Morgan fingerprint density at radius 3 is 2.50 bits per heavy atom. The van der Waals surface area contributed by atoms with Gasteiger partial charge < -0.3 is 19.9 Å². The molecule has 0 aromatic heterocycles. The Kier molecular flexibility index (Phi) is 6.18. The second kappa shape index (κ2) is 7.65. The van der Waals surface area contributed by atoms with Crippen LogP contribution in [0.2, 0.25) is 5.02 Å². The van der Waals surface area contributed by atoms with Crippen LogP contribution in [0, 0.1) is 0 Å². The number of methoxy groups -OCH3 is 2. The molecule has 110 valence electrons. The molecule has 1 aromatic carbocycles. The number of aliphatic carboxylic acids is 1. The van der Waals surface area contributed by atoms with E-state index >= 15 is 0 Å². The highest BCUT2D eigenvalue weighted by Gasteiger charge is 2.09. The zero-order chi connectivity index (χ0) is 15.1. The van der Waals surface area contributed by atoms with E-state index in [0.717, 1.165) is 0 Å². The van der Waals surface area contributed by atoms with E-state index in [2.05, 4.69) is 5.32 Å². The molecule has 0 radical (unpaired) electrons. The van der Waals surface area contributed by atoms with E-state index in [1.54, 1.807) is 32.2 Å². The van der Waals surface area contributed by atoms with Crippen LogP contribution in [0.5, 0.6) is 11.5 Å². The summed E-state index contributed by atoms with van der Waals surface area (Å²) in [4.78, 5) is 10.9. The Balaban J connectivity index is 2.87. The van der Waals surface area contributed by atoms with Gasteiger partial charge in [0.15, 0.2) is 0 Å². The van der Waals surface area contributed by atoms with Gasteiger partial charge in [-0.25, -0.2) is 4.79 Å². The fraction of sp³-hybridized carbons (Fsp3) is 0.357. The van der Waals surface area contributed by atoms with E-state index in [1.807, 2.05) is 0 Å². The lowest BCUT2D eigenvalue weighted by Crippen LogP contribution is -2.05. The minimum Gasteiger partial charge on any atom is -0.495 e. The lowest BCUT2D eigenvalue weighted by Gasteiger charge is -2.13. The third kappa shape index (κ3) is 4.06. The Bertz CT molecular complexity index is 514. The summed E-state index contributed by atoms with van der Waals surface area (Å²) in [5.41, 5.74) is 1.03. The van der Waals surface area contributed by atoms with Crippen molar-refractivity contribution in [2.24, 2.45) is 0 Å². The number of carbonyl (C=O) groups is 1. The molecule has 0 amide bonds. The van der Waals surface area contributed by atoms with E-state index in [9.17, 15) is 4.79 Å². The lowest BCUT2D eigenvalue weighted by atomic mass is 10.2. The van der Waals surface area contributed by atoms with Crippen molar-refractivity contribution in [1.82, 2.24) is 0 Å². The molecule has 0 saturated heterocycles. The highest BCUT2D eigenvalue weighted by molar-refractivity contribution is 6.32. The van der Waals surface area contributed by atoms with Crippen LogP contribution in [-0.2, 0) is 4.79 Å². The van der Waals surface area contributed by atoms with Crippen LogP contribution in [0.1, 0.15) is 13.3 Å². The number of ether oxygens (including phenoxy) is 2. The molecule has 1 rings (SSSR count). The molecule has 0 spiro atoms. The topological polar surface area (TPSA) is 67.8 Å². The van der Waals surface area contributed by atoms with E-state index in [0.29, 0.717) is 40.7 Å². The molecular formula is C14H18ClNO4. The Morgan fingerprint density at radius 2 is 2.00 bits per heavy atom. The van der Waals surface area contributed by atoms with Gasteiger partial charge in [-0.1, -0.05) is 24.6 Å². The van der Waals surface area contributed by atoms with Gasteiger partial charge in [0.2, 0.25) is 0 Å². The van der Waals surface area contributed by atoms with Crippen LogP contribution in [0.4, 0.5) is 5.69 Å². The molecule has 5 nitrogen and oxygen atoms in total. The van der Waals surface area contributed by atoms with Crippen molar-refractivity contribution < 1.29 is 19.4 Å². The third-order valence-corrected chi connectivity index (χ3v) is 3.07. The number of halogens is 1. The van der Waals surface area contributed by atoms with E-state index in [1.165, 1.54) is 7.11 Å². The van der Waals surface area contributed by atoms with Crippen molar-refractivity contribution in [3.05, 3.63) is 28.8 Å². The molecule has 0 atom stereocenters. The second-order valence-corrected chi connectivity index (χ2v) is 4.36. The SMILES string of the molecule is CC/C(=C/CNc1cc(Cl)c(OC)cc1OC)C(=O)O. The van der Waals surface area contributed by atoms with Crippen molar-refractivity contribution >= 4 is 23.3 Å². The standard InChI is InChI=1S/C14H18ClNO4/c1-4-9(14(17)18)5-6-16-11-7-10(15)12(19-2)8-13(11)20-3/h5,7-8,16H,4,6H2,1-3H3,(H,17,18)/b9-5-. The maximum Gasteiger partial charge on any atom is 0.331 e. The Labute approximate surface area is 123 Å². The van der Waals surface area contributed by atoms with Gasteiger partial charge in [0.25, 0.3) is 0 Å². The van der Waals surface area contributed by atoms with Crippen molar-refractivity contribution in [3.8, 4) is 11.5 Å². The average Bonchev–Trinajstić information content (AvgIpc) is 2.43. The van der Waals surface area contributed by atoms with E-state index in [4.69, 9.17) is 26.2 Å². The van der Waals surface area contributed by atoms with Crippen molar-refractivity contribution in [2.45, 2.75) is 13.3 Å². The monoisotopic (exact) mass is 299 g/mol. The maximum absolute atomic E-state index is 10.9. The summed E-state index contributed by atoms with van der Waals surface area (Å²) in [6.45, 7) is 2.17. The van der Waals surface area contributed by atoms with E-state index in [-0.39, 0.29) is 0 Å². The summed E-state index contributed by atoms with van der Waals surface area (Å²) < 4.78 is 10.3. The maximum atomic E-state index is 10.9. The number of carboxylic acid groups (broad SMARTS) is 1. The number of hydrogen-bond donors (Lipinski definition) is 2. The lowest BCUT2D eigenvalue weighted by molar-refractivity contribution is -0.132. The summed E-state index contributed by atoms with van der Waals surface area (Å²) in [5.74, 6) is 0.187. The molecule has 0 aliphatic carbocycles. The quantitative estimate of drug-likeness (QED) is 0.757. The van der Waals surface area contributed by atoms with Gasteiger partial charge in [-0.05, 0) is 12.5 Å². The first kappa shape index (κ1) is 16.2. The highest BCUT2D eigenvalue weighted by atomic mass is 35.5. The fourth-order valence-corrected chi connectivity index (χ4v) is 1.91. The minimum absolute atomic E-state index is 0.357. The van der Waals surface area contributed by atoms with Crippen LogP contribution in [0.3, 0.4) is 0 Å².